The number of primary amides is 1. The molecule has 6 saturated heterocycles. The molecule has 6 heterocycles. The molecule has 0 aromatic carbocycles. The molecule has 0 spiro atoms. The van der Waals surface area contributed by atoms with Crippen molar-refractivity contribution < 1.29 is 38.1 Å². The van der Waals surface area contributed by atoms with Gasteiger partial charge in [-0.3, -0.25) is 19.4 Å². The fourth-order valence-electron chi connectivity index (χ4n) is 7.93. The van der Waals surface area contributed by atoms with E-state index >= 15 is 0 Å². The van der Waals surface area contributed by atoms with Crippen molar-refractivity contribution in [3.63, 3.8) is 0 Å². The molecular formula is C28H44N4O8. The number of amides is 2. The van der Waals surface area contributed by atoms with Gasteiger partial charge in [-0.2, -0.15) is 0 Å². The molecule has 6 aliphatic heterocycles. The quantitative estimate of drug-likeness (QED) is 0.411. The van der Waals surface area contributed by atoms with Crippen molar-refractivity contribution in [2.24, 2.45) is 17.6 Å². The fraction of sp³-hybridized carbons (Fsp3) is 0.857. The van der Waals surface area contributed by atoms with Crippen molar-refractivity contribution >= 4 is 23.8 Å². The molecule has 0 aromatic heterocycles. The molecule has 2 amide bonds. The monoisotopic (exact) mass is 564 g/mol. The van der Waals surface area contributed by atoms with Crippen LogP contribution in [-0.4, -0.2) is 128 Å². The maximum atomic E-state index is 14.0. The second kappa shape index (κ2) is 11.9. The minimum atomic E-state index is -0.984. The van der Waals surface area contributed by atoms with Crippen LogP contribution in [0.4, 0.5) is 9.59 Å². The highest BCUT2D eigenvalue weighted by Crippen LogP contribution is 2.40. The molecule has 7 fully saturated rings. The molecular weight excluding hydrogens is 520 g/mol. The van der Waals surface area contributed by atoms with Gasteiger partial charge < -0.3 is 29.6 Å². The highest BCUT2D eigenvalue weighted by Gasteiger charge is 2.58. The van der Waals surface area contributed by atoms with Crippen molar-refractivity contribution in [3.8, 4) is 0 Å². The summed E-state index contributed by atoms with van der Waals surface area (Å²) < 4.78 is 22.4. The van der Waals surface area contributed by atoms with Crippen LogP contribution in [0.15, 0.2) is 0 Å². The van der Waals surface area contributed by atoms with Crippen LogP contribution in [-0.2, 0) is 28.5 Å². The molecule has 4 bridgehead atoms. The lowest BCUT2D eigenvalue weighted by molar-refractivity contribution is -0.160. The maximum absolute atomic E-state index is 14.0. The minimum Gasteiger partial charge on any atom is -0.446 e. The van der Waals surface area contributed by atoms with Gasteiger partial charge in [0.1, 0.15) is 23.3 Å². The Bertz CT molecular complexity index is 919. The number of Topliss-reactive ketones (excluding diaryl/α,β-unsaturated/α-hetero) is 2. The summed E-state index contributed by atoms with van der Waals surface area (Å²) >= 11 is 0. The average molecular weight is 565 g/mol. The van der Waals surface area contributed by atoms with Crippen molar-refractivity contribution in [2.45, 2.75) is 74.7 Å². The molecule has 7 rings (SSSR count). The van der Waals surface area contributed by atoms with Gasteiger partial charge in [0, 0.05) is 26.1 Å². The van der Waals surface area contributed by atoms with E-state index in [1.54, 1.807) is 19.1 Å². The van der Waals surface area contributed by atoms with E-state index in [0.29, 0.717) is 25.7 Å². The molecule has 0 radical (unpaired) electrons. The Balaban J connectivity index is 1.41. The van der Waals surface area contributed by atoms with E-state index in [9.17, 15) is 19.2 Å². The number of carbonyl (C=O) groups is 4. The third-order valence-electron chi connectivity index (χ3n) is 9.96. The topological polar surface area (TPSA) is 141 Å². The minimum absolute atomic E-state index is 0.0532. The molecule has 0 aromatic rings. The number of ether oxygens (including phenoxy) is 4. The number of nitrogens with two attached hydrogens (primary N) is 1. The van der Waals surface area contributed by atoms with Crippen molar-refractivity contribution in [1.29, 1.82) is 0 Å². The summed E-state index contributed by atoms with van der Waals surface area (Å²) in [6.45, 7) is 3.58. The SMILES string of the molecule is COCC1(CN(CC2(COC)C(=O)C3CCN2CC3)C(=O)OC2CCC(OC(N)=O)CC2)C(=O)C2CCN1CC2. The van der Waals surface area contributed by atoms with Gasteiger partial charge in [-0.1, -0.05) is 0 Å². The number of hydrogen-bond donors (Lipinski definition) is 1. The van der Waals surface area contributed by atoms with Crippen LogP contribution in [0.5, 0.6) is 0 Å². The molecule has 2 atom stereocenters. The summed E-state index contributed by atoms with van der Waals surface area (Å²) in [5.74, 6) is 0.0998. The number of rotatable bonds is 10. The third kappa shape index (κ3) is 5.35. The normalized spacial score (nSPS) is 38.8. The van der Waals surface area contributed by atoms with Gasteiger partial charge in [0.05, 0.1) is 26.3 Å². The smallest absolute Gasteiger partial charge is 0.410 e. The fourth-order valence-corrected chi connectivity index (χ4v) is 7.93. The van der Waals surface area contributed by atoms with E-state index in [2.05, 4.69) is 9.80 Å². The number of nitrogens with zero attached hydrogens (tertiary/aromatic N) is 3. The summed E-state index contributed by atoms with van der Waals surface area (Å²) in [4.78, 5) is 58.7. The Morgan fingerprint density at radius 3 is 1.50 bits per heavy atom. The van der Waals surface area contributed by atoms with Crippen LogP contribution in [0.3, 0.4) is 0 Å². The van der Waals surface area contributed by atoms with Crippen LogP contribution >= 0.6 is 0 Å². The zero-order valence-electron chi connectivity index (χ0n) is 23.8. The third-order valence-corrected chi connectivity index (χ3v) is 9.96. The Morgan fingerprint density at radius 2 is 1.15 bits per heavy atom. The largest absolute Gasteiger partial charge is 0.446 e. The lowest BCUT2D eigenvalue weighted by atomic mass is 9.71. The van der Waals surface area contributed by atoms with Gasteiger partial charge in [-0.15, -0.1) is 0 Å². The molecule has 12 heteroatoms. The molecule has 12 nitrogen and oxygen atoms in total. The lowest BCUT2D eigenvalue weighted by Crippen LogP contribution is -2.74. The summed E-state index contributed by atoms with van der Waals surface area (Å²) in [5.41, 5.74) is 3.20. The van der Waals surface area contributed by atoms with Crippen LogP contribution in [0.25, 0.3) is 0 Å². The van der Waals surface area contributed by atoms with Crippen molar-refractivity contribution in [3.05, 3.63) is 0 Å². The van der Waals surface area contributed by atoms with Crippen molar-refractivity contribution in [2.75, 3.05) is 66.7 Å². The molecule has 7 aliphatic rings. The first-order valence-electron chi connectivity index (χ1n) is 14.7. The Hall–Kier alpha value is -2.28. The van der Waals surface area contributed by atoms with Crippen LogP contribution in [0, 0.1) is 11.8 Å². The number of ketones is 2. The summed E-state index contributed by atoms with van der Waals surface area (Å²) in [5, 5.41) is 0. The van der Waals surface area contributed by atoms with E-state index < -0.39 is 23.3 Å². The number of piperidine rings is 6. The highest BCUT2D eigenvalue weighted by molar-refractivity contribution is 5.94. The number of fused-ring (bicyclic) bond motifs is 6. The van der Waals surface area contributed by atoms with Crippen LogP contribution < -0.4 is 5.73 Å². The molecule has 1 aliphatic carbocycles. The standard InChI is InChI=1S/C28H44N4O8/c1-37-17-27(23(33)19-7-11-31(27)12-8-19)15-30(26(36)40-22-5-3-21(4-6-22)39-25(29)35)16-28(18-38-2)24(34)20-9-13-32(28)14-10-20/h19-22H,3-18H2,1-2H3,(H2,29,35). The first-order chi connectivity index (χ1) is 19.2. The van der Waals surface area contributed by atoms with Gasteiger partial charge in [-0.25, -0.2) is 9.59 Å². The maximum Gasteiger partial charge on any atom is 0.410 e. The first kappa shape index (κ1) is 29.2. The molecule has 224 valence electrons. The van der Waals surface area contributed by atoms with Gasteiger partial charge in [0.2, 0.25) is 0 Å². The van der Waals surface area contributed by atoms with Gasteiger partial charge in [-0.05, 0) is 77.5 Å². The van der Waals surface area contributed by atoms with Crippen LogP contribution in [0.2, 0.25) is 0 Å². The highest BCUT2D eigenvalue weighted by atomic mass is 16.6. The number of hydrogen-bond acceptors (Lipinski definition) is 10. The molecule has 2 N–H and O–H groups in total. The summed E-state index contributed by atoms with van der Waals surface area (Å²) in [7, 11) is 3.16. The lowest BCUT2D eigenvalue weighted by Gasteiger charge is -2.56. The predicted octanol–water partition coefficient (Wildman–Crippen LogP) is 1.19. The van der Waals surface area contributed by atoms with E-state index in [1.807, 2.05) is 0 Å². The molecule has 1 saturated carbocycles. The molecule has 40 heavy (non-hydrogen) atoms. The Kier molecular flexibility index (Phi) is 8.70. The van der Waals surface area contributed by atoms with Gasteiger partial charge >= 0.3 is 12.2 Å². The van der Waals surface area contributed by atoms with E-state index in [0.717, 1.165) is 51.9 Å². The number of methoxy groups -OCH3 is 2. The Labute approximate surface area is 235 Å². The van der Waals surface area contributed by atoms with Gasteiger partial charge in [0.15, 0.2) is 11.6 Å². The zero-order chi connectivity index (χ0) is 28.5. The average Bonchev–Trinajstić information content (AvgIpc) is 2.95. The summed E-state index contributed by atoms with van der Waals surface area (Å²) in [6, 6.07) is 0. The number of carbonyl (C=O) groups excluding carboxylic acids is 4. The second-order valence-corrected chi connectivity index (χ2v) is 12.3. The van der Waals surface area contributed by atoms with E-state index in [-0.39, 0.29) is 61.9 Å². The molecule has 2 unspecified atom stereocenters. The zero-order valence-corrected chi connectivity index (χ0v) is 23.8. The Morgan fingerprint density at radius 1 is 0.750 bits per heavy atom. The van der Waals surface area contributed by atoms with E-state index in [1.165, 1.54) is 0 Å². The first-order valence-corrected chi connectivity index (χ1v) is 14.7. The van der Waals surface area contributed by atoms with Crippen molar-refractivity contribution in [1.82, 2.24) is 14.7 Å². The van der Waals surface area contributed by atoms with E-state index in [4.69, 9.17) is 24.7 Å². The van der Waals surface area contributed by atoms with Crippen LogP contribution in [0.1, 0.15) is 51.4 Å². The second-order valence-electron chi connectivity index (χ2n) is 12.3. The van der Waals surface area contributed by atoms with Gasteiger partial charge in [0.25, 0.3) is 0 Å². The summed E-state index contributed by atoms with van der Waals surface area (Å²) in [6.07, 6.45) is 3.40. The predicted molar refractivity (Wildman–Crippen MR) is 143 cm³/mol.